The molecule has 0 fully saturated rings. The molecule has 0 spiro atoms. The van der Waals surface area contributed by atoms with E-state index >= 15 is 0 Å². The fraction of sp³-hybridized carbons (Fsp3) is 0.353. The number of nitrogens with one attached hydrogen (secondary N) is 1. The fourth-order valence-electron chi connectivity index (χ4n) is 2.65. The van der Waals surface area contributed by atoms with Crippen LogP contribution < -0.4 is 10.1 Å². The molecule has 0 atom stereocenters. The molecule has 0 bridgehead atoms. The summed E-state index contributed by atoms with van der Waals surface area (Å²) in [6.07, 6.45) is 7.28. The summed E-state index contributed by atoms with van der Waals surface area (Å²) >= 11 is 0. The molecule has 0 saturated heterocycles. The first-order valence-electron chi connectivity index (χ1n) is 7.30. The number of aromatic nitrogens is 1. The van der Waals surface area contributed by atoms with Crippen molar-refractivity contribution in [1.29, 1.82) is 0 Å². The summed E-state index contributed by atoms with van der Waals surface area (Å²) in [6, 6.07) is 8.38. The Morgan fingerprint density at radius 1 is 1.20 bits per heavy atom. The molecule has 1 aromatic carbocycles. The summed E-state index contributed by atoms with van der Waals surface area (Å²) in [6.45, 7) is 3.81. The SMILES string of the molecule is CCNCc1cnccc1Oc1ccc2c(c1)CCC2. The lowest BCUT2D eigenvalue weighted by molar-refractivity contribution is 0.471. The van der Waals surface area contributed by atoms with Crippen LogP contribution in [-0.2, 0) is 19.4 Å². The minimum absolute atomic E-state index is 0.782. The molecule has 3 nitrogen and oxygen atoms in total. The molecule has 3 rings (SSSR count). The summed E-state index contributed by atoms with van der Waals surface area (Å²) in [7, 11) is 0. The summed E-state index contributed by atoms with van der Waals surface area (Å²) in [5.41, 5.74) is 4.00. The van der Waals surface area contributed by atoms with E-state index in [0.29, 0.717) is 0 Å². The lowest BCUT2D eigenvalue weighted by atomic mass is 10.1. The Bertz CT molecular complexity index is 595. The van der Waals surface area contributed by atoms with E-state index in [-0.39, 0.29) is 0 Å². The van der Waals surface area contributed by atoms with Crippen molar-refractivity contribution in [3.8, 4) is 11.5 Å². The third-order valence-corrected chi connectivity index (χ3v) is 3.72. The first-order valence-corrected chi connectivity index (χ1v) is 7.30. The predicted octanol–water partition coefficient (Wildman–Crippen LogP) is 3.47. The Hall–Kier alpha value is -1.87. The average molecular weight is 268 g/mol. The van der Waals surface area contributed by atoms with Crippen molar-refractivity contribution in [1.82, 2.24) is 10.3 Å². The molecule has 1 aromatic heterocycles. The Kier molecular flexibility index (Phi) is 3.97. The van der Waals surface area contributed by atoms with E-state index in [1.54, 1.807) is 6.20 Å². The van der Waals surface area contributed by atoms with Gasteiger partial charge >= 0.3 is 0 Å². The smallest absolute Gasteiger partial charge is 0.134 e. The maximum atomic E-state index is 6.05. The molecule has 1 N–H and O–H groups in total. The normalized spacial score (nSPS) is 13.2. The lowest BCUT2D eigenvalue weighted by Gasteiger charge is -2.12. The molecular weight excluding hydrogens is 248 g/mol. The van der Waals surface area contributed by atoms with Crippen molar-refractivity contribution >= 4 is 0 Å². The van der Waals surface area contributed by atoms with Crippen LogP contribution in [0.3, 0.4) is 0 Å². The van der Waals surface area contributed by atoms with Gasteiger partial charge in [-0.1, -0.05) is 13.0 Å². The second kappa shape index (κ2) is 6.06. The lowest BCUT2D eigenvalue weighted by Crippen LogP contribution is -2.12. The predicted molar refractivity (Wildman–Crippen MR) is 80.2 cm³/mol. The van der Waals surface area contributed by atoms with Gasteiger partial charge in [0.1, 0.15) is 11.5 Å². The number of fused-ring (bicyclic) bond motifs is 1. The van der Waals surface area contributed by atoms with Gasteiger partial charge in [-0.25, -0.2) is 0 Å². The van der Waals surface area contributed by atoms with Crippen LogP contribution >= 0.6 is 0 Å². The summed E-state index contributed by atoms with van der Waals surface area (Å²) < 4.78 is 6.05. The topological polar surface area (TPSA) is 34.2 Å². The van der Waals surface area contributed by atoms with Crippen LogP contribution in [0.15, 0.2) is 36.7 Å². The van der Waals surface area contributed by atoms with Gasteiger partial charge < -0.3 is 10.1 Å². The molecule has 0 unspecified atom stereocenters. The molecule has 0 radical (unpaired) electrons. The van der Waals surface area contributed by atoms with Gasteiger partial charge in [-0.3, -0.25) is 4.98 Å². The van der Waals surface area contributed by atoms with Gasteiger partial charge in [0.25, 0.3) is 0 Å². The maximum absolute atomic E-state index is 6.05. The summed E-state index contributed by atoms with van der Waals surface area (Å²) in [5.74, 6) is 1.81. The largest absolute Gasteiger partial charge is 0.457 e. The number of ether oxygens (including phenoxy) is 1. The zero-order valence-electron chi connectivity index (χ0n) is 11.9. The van der Waals surface area contributed by atoms with Gasteiger partial charge in [-0.15, -0.1) is 0 Å². The van der Waals surface area contributed by atoms with E-state index < -0.39 is 0 Å². The molecule has 3 heteroatoms. The first kappa shape index (κ1) is 13.1. The number of rotatable bonds is 5. The number of pyridine rings is 1. The van der Waals surface area contributed by atoms with Crippen molar-refractivity contribution in [3.63, 3.8) is 0 Å². The molecule has 2 aromatic rings. The summed E-state index contributed by atoms with van der Waals surface area (Å²) in [5, 5.41) is 3.31. The number of hydrogen-bond acceptors (Lipinski definition) is 3. The van der Waals surface area contributed by atoms with Gasteiger partial charge in [-0.05, 0) is 55.1 Å². The van der Waals surface area contributed by atoms with Gasteiger partial charge in [0.2, 0.25) is 0 Å². The van der Waals surface area contributed by atoms with Crippen LogP contribution in [0.1, 0.15) is 30.0 Å². The monoisotopic (exact) mass is 268 g/mol. The van der Waals surface area contributed by atoms with E-state index in [1.165, 1.54) is 30.4 Å². The highest BCUT2D eigenvalue weighted by molar-refractivity contribution is 5.41. The Labute approximate surface area is 120 Å². The number of nitrogens with zero attached hydrogens (tertiary/aromatic N) is 1. The van der Waals surface area contributed by atoms with Crippen LogP contribution in [0.5, 0.6) is 11.5 Å². The standard InChI is InChI=1S/C17H20N2O/c1-2-18-11-15-12-19-9-8-17(15)20-16-7-6-13-4-3-5-14(13)10-16/h6-10,12,18H,2-5,11H2,1H3. The van der Waals surface area contributed by atoms with Gasteiger partial charge in [0.15, 0.2) is 0 Å². The third-order valence-electron chi connectivity index (χ3n) is 3.72. The van der Waals surface area contributed by atoms with Crippen molar-refractivity contribution in [3.05, 3.63) is 53.3 Å². The highest BCUT2D eigenvalue weighted by Crippen LogP contribution is 2.30. The number of aryl methyl sites for hydroxylation is 2. The fourth-order valence-corrected chi connectivity index (χ4v) is 2.65. The van der Waals surface area contributed by atoms with E-state index in [0.717, 1.165) is 30.2 Å². The van der Waals surface area contributed by atoms with E-state index in [4.69, 9.17) is 4.74 Å². The highest BCUT2D eigenvalue weighted by Gasteiger charge is 2.12. The second-order valence-corrected chi connectivity index (χ2v) is 5.15. The van der Waals surface area contributed by atoms with Crippen LogP contribution in [0, 0.1) is 0 Å². The second-order valence-electron chi connectivity index (χ2n) is 5.15. The van der Waals surface area contributed by atoms with Gasteiger partial charge in [0, 0.05) is 24.5 Å². The molecule has 0 saturated carbocycles. The third kappa shape index (κ3) is 2.83. The van der Waals surface area contributed by atoms with Crippen LogP contribution in [0.2, 0.25) is 0 Å². The highest BCUT2D eigenvalue weighted by atomic mass is 16.5. The first-order chi connectivity index (χ1) is 9.86. The van der Waals surface area contributed by atoms with Crippen LogP contribution in [0.4, 0.5) is 0 Å². The van der Waals surface area contributed by atoms with Gasteiger partial charge in [-0.2, -0.15) is 0 Å². The summed E-state index contributed by atoms with van der Waals surface area (Å²) in [4.78, 5) is 4.18. The molecule has 1 aliphatic rings. The van der Waals surface area contributed by atoms with Crippen molar-refractivity contribution < 1.29 is 4.74 Å². The van der Waals surface area contributed by atoms with Gasteiger partial charge in [0.05, 0.1) is 0 Å². The van der Waals surface area contributed by atoms with Crippen LogP contribution in [-0.4, -0.2) is 11.5 Å². The average Bonchev–Trinajstić information content (AvgIpc) is 2.94. The molecule has 0 amide bonds. The molecule has 1 aliphatic carbocycles. The van der Waals surface area contributed by atoms with Crippen molar-refractivity contribution in [2.45, 2.75) is 32.7 Å². The van der Waals surface area contributed by atoms with E-state index in [9.17, 15) is 0 Å². The van der Waals surface area contributed by atoms with Crippen LogP contribution in [0.25, 0.3) is 0 Å². The number of hydrogen-bond donors (Lipinski definition) is 1. The van der Waals surface area contributed by atoms with Crippen molar-refractivity contribution in [2.24, 2.45) is 0 Å². The molecule has 1 heterocycles. The van der Waals surface area contributed by atoms with E-state index in [2.05, 4.69) is 35.4 Å². The van der Waals surface area contributed by atoms with E-state index in [1.807, 2.05) is 12.3 Å². The maximum Gasteiger partial charge on any atom is 0.134 e. The zero-order chi connectivity index (χ0) is 13.8. The van der Waals surface area contributed by atoms with Crippen molar-refractivity contribution in [2.75, 3.05) is 6.54 Å². The Morgan fingerprint density at radius 3 is 3.00 bits per heavy atom. The minimum Gasteiger partial charge on any atom is -0.457 e. The Morgan fingerprint density at radius 2 is 2.10 bits per heavy atom. The molecule has 0 aliphatic heterocycles. The Balaban J connectivity index is 1.80. The minimum atomic E-state index is 0.782. The molecular formula is C17H20N2O. The zero-order valence-corrected chi connectivity index (χ0v) is 11.9. The quantitative estimate of drug-likeness (QED) is 0.901. The number of benzene rings is 1. The molecule has 20 heavy (non-hydrogen) atoms. The molecule has 104 valence electrons.